The molecule has 0 spiro atoms. The second kappa shape index (κ2) is 9.45. The van der Waals surface area contributed by atoms with E-state index in [9.17, 15) is 0 Å². The van der Waals surface area contributed by atoms with Gasteiger partial charge in [-0.1, -0.05) is 49.9 Å². The summed E-state index contributed by atoms with van der Waals surface area (Å²) in [6.45, 7) is 4.38. The summed E-state index contributed by atoms with van der Waals surface area (Å²) in [5, 5.41) is 13.7. The van der Waals surface area contributed by atoms with E-state index in [1.807, 2.05) is 12.4 Å². The van der Waals surface area contributed by atoms with Crippen molar-refractivity contribution in [2.75, 3.05) is 26.2 Å². The van der Waals surface area contributed by atoms with Gasteiger partial charge in [0.25, 0.3) is 0 Å². The van der Waals surface area contributed by atoms with E-state index in [4.69, 9.17) is 0 Å². The molecule has 0 unspecified atom stereocenters. The number of rotatable bonds is 4. The molecule has 0 radical (unpaired) electrons. The van der Waals surface area contributed by atoms with Crippen molar-refractivity contribution < 1.29 is 0 Å². The Labute approximate surface area is 146 Å². The Balaban J connectivity index is 1.52. The number of nitrogens with zero attached hydrogens (tertiary/aromatic N) is 4. The molecular weight excluding hydrogens is 296 g/mol. The average molecular weight is 326 g/mol. The van der Waals surface area contributed by atoms with Gasteiger partial charge in [0, 0.05) is 26.2 Å². The fourth-order valence-corrected chi connectivity index (χ4v) is 3.30. The van der Waals surface area contributed by atoms with Crippen molar-refractivity contribution in [2.45, 2.75) is 51.4 Å². The van der Waals surface area contributed by atoms with E-state index < -0.39 is 0 Å². The molecule has 2 fully saturated rings. The van der Waals surface area contributed by atoms with Crippen molar-refractivity contribution in [1.82, 2.24) is 10.0 Å². The van der Waals surface area contributed by atoms with Gasteiger partial charge in [0.2, 0.25) is 0 Å². The molecule has 2 aliphatic heterocycles. The minimum absolute atomic E-state index is 1.09. The first-order valence-electron chi connectivity index (χ1n) is 9.58. The maximum atomic E-state index is 4.64. The molecule has 0 aliphatic carbocycles. The summed E-state index contributed by atoms with van der Waals surface area (Å²) in [5.41, 5.74) is 2.32. The van der Waals surface area contributed by atoms with Crippen LogP contribution in [0.1, 0.15) is 62.5 Å². The van der Waals surface area contributed by atoms with Crippen LogP contribution in [0.5, 0.6) is 0 Å². The molecule has 1 aromatic rings. The summed E-state index contributed by atoms with van der Waals surface area (Å²) < 4.78 is 0. The van der Waals surface area contributed by atoms with Crippen LogP contribution in [0.2, 0.25) is 0 Å². The van der Waals surface area contributed by atoms with Crippen LogP contribution >= 0.6 is 0 Å². The Morgan fingerprint density at radius 2 is 0.875 bits per heavy atom. The highest BCUT2D eigenvalue weighted by Crippen LogP contribution is 2.11. The van der Waals surface area contributed by atoms with Gasteiger partial charge in [-0.2, -0.15) is 10.2 Å². The van der Waals surface area contributed by atoms with Gasteiger partial charge in [-0.05, 0) is 36.8 Å². The predicted molar refractivity (Wildman–Crippen MR) is 102 cm³/mol. The monoisotopic (exact) mass is 326 g/mol. The van der Waals surface area contributed by atoms with Gasteiger partial charge in [0.05, 0.1) is 12.4 Å². The molecule has 0 amide bonds. The third-order valence-electron chi connectivity index (χ3n) is 4.84. The third-order valence-corrected chi connectivity index (χ3v) is 4.84. The van der Waals surface area contributed by atoms with Crippen LogP contribution in [-0.4, -0.2) is 48.6 Å². The molecule has 0 atom stereocenters. The first-order valence-corrected chi connectivity index (χ1v) is 9.58. The van der Waals surface area contributed by atoms with Crippen molar-refractivity contribution in [2.24, 2.45) is 10.2 Å². The van der Waals surface area contributed by atoms with E-state index in [0.717, 1.165) is 37.3 Å². The van der Waals surface area contributed by atoms with Crippen LogP contribution in [-0.2, 0) is 0 Å². The van der Waals surface area contributed by atoms with Gasteiger partial charge >= 0.3 is 0 Å². The lowest BCUT2D eigenvalue weighted by Gasteiger charge is -2.15. The van der Waals surface area contributed by atoms with Crippen LogP contribution < -0.4 is 0 Å². The first-order chi connectivity index (χ1) is 11.9. The molecule has 24 heavy (non-hydrogen) atoms. The zero-order valence-electron chi connectivity index (χ0n) is 14.7. The van der Waals surface area contributed by atoms with E-state index in [1.165, 1.54) is 51.4 Å². The van der Waals surface area contributed by atoms with Crippen molar-refractivity contribution >= 4 is 12.4 Å². The third kappa shape index (κ3) is 5.66. The Bertz CT molecular complexity index is 470. The standard InChI is InChI=1S/C20H30N4/c1-2-6-14-23(13-5-1)21-17-19-9-11-20(12-10-19)18-22-24-15-7-3-4-8-16-24/h9-12,17-18H,1-8,13-16H2. The van der Waals surface area contributed by atoms with Crippen LogP contribution in [0.3, 0.4) is 0 Å². The van der Waals surface area contributed by atoms with Gasteiger partial charge in [0.1, 0.15) is 0 Å². The SMILES string of the molecule is C(=NN1CCCCCC1)c1ccc(C=NN2CCCCCC2)cc1. The number of hydrogen-bond acceptors (Lipinski definition) is 4. The maximum absolute atomic E-state index is 4.64. The summed E-state index contributed by atoms with van der Waals surface area (Å²) >= 11 is 0. The molecule has 2 aliphatic rings. The Kier molecular flexibility index (Phi) is 6.70. The Morgan fingerprint density at radius 1 is 0.542 bits per heavy atom. The topological polar surface area (TPSA) is 31.2 Å². The fraction of sp³-hybridized carbons (Fsp3) is 0.600. The van der Waals surface area contributed by atoms with Gasteiger partial charge in [-0.25, -0.2) is 0 Å². The van der Waals surface area contributed by atoms with Gasteiger partial charge in [0.15, 0.2) is 0 Å². The molecule has 3 rings (SSSR count). The van der Waals surface area contributed by atoms with Crippen LogP contribution in [0.25, 0.3) is 0 Å². The van der Waals surface area contributed by atoms with Crippen molar-refractivity contribution in [1.29, 1.82) is 0 Å². The molecule has 4 nitrogen and oxygen atoms in total. The van der Waals surface area contributed by atoms with E-state index in [1.54, 1.807) is 0 Å². The summed E-state index contributed by atoms with van der Waals surface area (Å²) in [4.78, 5) is 0. The molecule has 1 aromatic carbocycles. The molecule has 0 aromatic heterocycles. The van der Waals surface area contributed by atoms with Crippen molar-refractivity contribution in [3.63, 3.8) is 0 Å². The summed E-state index contributed by atoms with van der Waals surface area (Å²) in [7, 11) is 0. The molecule has 0 bridgehead atoms. The van der Waals surface area contributed by atoms with Gasteiger partial charge in [-0.15, -0.1) is 0 Å². The lowest BCUT2D eigenvalue weighted by molar-refractivity contribution is 0.302. The van der Waals surface area contributed by atoms with E-state index in [-0.39, 0.29) is 0 Å². The normalized spacial score (nSPS) is 20.5. The first kappa shape index (κ1) is 17.0. The highest BCUT2D eigenvalue weighted by atomic mass is 15.4. The van der Waals surface area contributed by atoms with Crippen molar-refractivity contribution in [3.05, 3.63) is 35.4 Å². The highest BCUT2D eigenvalue weighted by Gasteiger charge is 2.06. The van der Waals surface area contributed by atoms with E-state index in [2.05, 4.69) is 44.5 Å². The fourth-order valence-electron chi connectivity index (χ4n) is 3.30. The average Bonchev–Trinajstić information content (AvgIpc) is 3.04. The molecule has 2 saturated heterocycles. The summed E-state index contributed by atoms with van der Waals surface area (Å²) in [6.07, 6.45) is 14.4. The second-order valence-electron chi connectivity index (χ2n) is 6.89. The molecule has 2 heterocycles. The lowest BCUT2D eigenvalue weighted by atomic mass is 10.2. The molecule has 4 heteroatoms. The second-order valence-corrected chi connectivity index (χ2v) is 6.89. The van der Waals surface area contributed by atoms with Gasteiger partial charge in [-0.3, -0.25) is 10.0 Å². The Hall–Kier alpha value is -1.84. The summed E-state index contributed by atoms with van der Waals surface area (Å²) in [6, 6.07) is 8.52. The zero-order chi connectivity index (χ0) is 16.5. The summed E-state index contributed by atoms with van der Waals surface area (Å²) in [5.74, 6) is 0. The Morgan fingerprint density at radius 3 is 1.21 bits per heavy atom. The number of hydrazone groups is 2. The van der Waals surface area contributed by atoms with Crippen LogP contribution in [0.15, 0.2) is 34.5 Å². The minimum Gasteiger partial charge on any atom is -0.297 e. The van der Waals surface area contributed by atoms with Crippen molar-refractivity contribution in [3.8, 4) is 0 Å². The number of hydrogen-bond donors (Lipinski definition) is 0. The molecule has 0 N–H and O–H groups in total. The smallest absolute Gasteiger partial charge is 0.0542 e. The maximum Gasteiger partial charge on any atom is 0.0542 e. The zero-order valence-corrected chi connectivity index (χ0v) is 14.7. The number of benzene rings is 1. The molecular formula is C20H30N4. The molecule has 130 valence electrons. The van der Waals surface area contributed by atoms with E-state index >= 15 is 0 Å². The quantitative estimate of drug-likeness (QED) is 0.780. The molecule has 0 saturated carbocycles. The van der Waals surface area contributed by atoms with Crippen LogP contribution in [0, 0.1) is 0 Å². The predicted octanol–water partition coefficient (Wildman–Crippen LogP) is 4.11. The largest absolute Gasteiger partial charge is 0.297 e. The van der Waals surface area contributed by atoms with Gasteiger partial charge < -0.3 is 0 Å². The lowest BCUT2D eigenvalue weighted by Crippen LogP contribution is -2.18. The van der Waals surface area contributed by atoms with E-state index in [0.29, 0.717) is 0 Å². The van der Waals surface area contributed by atoms with Crippen LogP contribution in [0.4, 0.5) is 0 Å². The highest BCUT2D eigenvalue weighted by molar-refractivity contribution is 5.83. The minimum atomic E-state index is 1.09.